The van der Waals surface area contributed by atoms with Gasteiger partial charge in [-0.15, -0.1) is 0 Å². The maximum Gasteiger partial charge on any atom is 0.305 e. The van der Waals surface area contributed by atoms with Gasteiger partial charge in [-0.2, -0.15) is 11.8 Å². The molecule has 104 valence electrons. The Kier molecular flexibility index (Phi) is 5.14. The maximum absolute atomic E-state index is 10.9. The summed E-state index contributed by atoms with van der Waals surface area (Å²) in [4.78, 5) is 13.2. The molecule has 0 unspecified atom stereocenters. The van der Waals surface area contributed by atoms with Gasteiger partial charge in [0, 0.05) is 18.3 Å². The van der Waals surface area contributed by atoms with Crippen LogP contribution >= 0.6 is 11.8 Å². The van der Waals surface area contributed by atoms with Crippen molar-refractivity contribution >= 4 is 23.4 Å². The molecule has 0 spiro atoms. The quantitative estimate of drug-likeness (QED) is 0.898. The Morgan fingerprint density at radius 3 is 2.68 bits per heavy atom. The van der Waals surface area contributed by atoms with Crippen LogP contribution in [-0.2, 0) is 4.79 Å². The minimum atomic E-state index is -0.719. The average Bonchev–Trinajstić information content (AvgIpc) is 2.42. The maximum atomic E-state index is 10.9. The molecule has 0 aromatic heterocycles. The average molecular weight is 279 g/mol. The monoisotopic (exact) mass is 279 g/mol. The number of carboxylic acid groups (broad SMARTS) is 1. The fourth-order valence-electron chi connectivity index (χ4n) is 2.60. The number of thioether (sulfide) groups is 1. The van der Waals surface area contributed by atoms with Crippen LogP contribution in [0, 0.1) is 6.92 Å². The summed E-state index contributed by atoms with van der Waals surface area (Å²) in [6.45, 7) is 2.70. The lowest BCUT2D eigenvalue weighted by Gasteiger charge is -2.36. The minimum absolute atomic E-state index is 0.206. The first kappa shape index (κ1) is 14.3. The number of carbonyl (C=O) groups is 1. The fourth-order valence-corrected chi connectivity index (χ4v) is 3.68. The van der Waals surface area contributed by atoms with Gasteiger partial charge < -0.3 is 10.0 Å². The van der Waals surface area contributed by atoms with Gasteiger partial charge in [0.15, 0.2) is 0 Å². The number of para-hydroxylation sites is 1. The van der Waals surface area contributed by atoms with E-state index >= 15 is 0 Å². The molecule has 0 atom stereocenters. The van der Waals surface area contributed by atoms with E-state index in [-0.39, 0.29) is 6.42 Å². The molecule has 1 heterocycles. The Morgan fingerprint density at radius 2 is 2.05 bits per heavy atom. The Labute approximate surface area is 119 Å². The molecule has 1 aliphatic heterocycles. The molecule has 2 rings (SSSR count). The highest BCUT2D eigenvalue weighted by Crippen LogP contribution is 2.28. The number of hydrogen-bond donors (Lipinski definition) is 1. The molecule has 0 saturated carbocycles. The molecule has 0 amide bonds. The van der Waals surface area contributed by atoms with E-state index in [2.05, 4.69) is 24.0 Å². The van der Waals surface area contributed by atoms with Crippen LogP contribution < -0.4 is 4.90 Å². The van der Waals surface area contributed by atoms with Crippen molar-refractivity contribution < 1.29 is 9.90 Å². The second-order valence-electron chi connectivity index (χ2n) is 4.97. The van der Waals surface area contributed by atoms with Crippen molar-refractivity contribution in [3.05, 3.63) is 29.8 Å². The van der Waals surface area contributed by atoms with Crippen LogP contribution in [0.3, 0.4) is 0 Å². The summed E-state index contributed by atoms with van der Waals surface area (Å²) in [5.74, 6) is 1.64. The van der Waals surface area contributed by atoms with Gasteiger partial charge in [-0.25, -0.2) is 0 Å². The van der Waals surface area contributed by atoms with Gasteiger partial charge in [0.2, 0.25) is 0 Å². The number of anilines is 1. The number of hydrogen-bond acceptors (Lipinski definition) is 3. The summed E-state index contributed by atoms with van der Waals surface area (Å²) in [7, 11) is 0. The lowest BCUT2D eigenvalue weighted by Crippen LogP contribution is -2.39. The van der Waals surface area contributed by atoms with E-state index in [1.807, 2.05) is 23.9 Å². The Morgan fingerprint density at radius 1 is 1.37 bits per heavy atom. The Hall–Kier alpha value is -1.16. The molecule has 0 aliphatic carbocycles. The second kappa shape index (κ2) is 6.85. The van der Waals surface area contributed by atoms with Gasteiger partial charge in [-0.05, 0) is 42.9 Å². The number of rotatable bonds is 5. The van der Waals surface area contributed by atoms with Crippen LogP contribution in [0.15, 0.2) is 24.3 Å². The third-order valence-electron chi connectivity index (χ3n) is 3.62. The lowest BCUT2D eigenvalue weighted by molar-refractivity contribution is -0.136. The predicted molar refractivity (Wildman–Crippen MR) is 81.1 cm³/mol. The normalized spacial score (nSPS) is 16.3. The van der Waals surface area contributed by atoms with Crippen LogP contribution in [0.4, 0.5) is 5.69 Å². The molecule has 4 heteroatoms. The van der Waals surface area contributed by atoms with Crippen molar-refractivity contribution in [3.63, 3.8) is 0 Å². The Balaban J connectivity index is 2.17. The summed E-state index contributed by atoms with van der Waals surface area (Å²) >= 11 is 2.00. The van der Waals surface area contributed by atoms with Crippen molar-refractivity contribution in [2.45, 2.75) is 32.2 Å². The molecule has 0 radical (unpaired) electrons. The van der Waals surface area contributed by atoms with Gasteiger partial charge in [-0.1, -0.05) is 18.2 Å². The number of aliphatic carboxylic acids is 1. The lowest BCUT2D eigenvalue weighted by atomic mass is 10.1. The number of benzene rings is 1. The standard InChI is InChI=1S/C15H21NO2S/c1-12-4-2-3-5-14(12)16(9-6-15(17)18)13-7-10-19-11-8-13/h2-5,13H,6-11H2,1H3,(H,17,18). The first-order valence-corrected chi connectivity index (χ1v) is 7.96. The van der Waals surface area contributed by atoms with Gasteiger partial charge in [0.1, 0.15) is 0 Å². The topological polar surface area (TPSA) is 40.5 Å². The molecule has 1 N–H and O–H groups in total. The van der Waals surface area contributed by atoms with E-state index in [1.165, 1.54) is 22.8 Å². The molecule has 1 aromatic carbocycles. The van der Waals surface area contributed by atoms with E-state index < -0.39 is 5.97 Å². The summed E-state index contributed by atoms with van der Waals surface area (Å²) in [6, 6.07) is 8.76. The van der Waals surface area contributed by atoms with E-state index in [0.717, 1.165) is 12.8 Å². The van der Waals surface area contributed by atoms with Crippen molar-refractivity contribution in [2.75, 3.05) is 23.0 Å². The zero-order chi connectivity index (χ0) is 13.7. The van der Waals surface area contributed by atoms with Gasteiger partial charge >= 0.3 is 5.97 Å². The molecule has 0 bridgehead atoms. The van der Waals surface area contributed by atoms with Crippen LogP contribution in [0.25, 0.3) is 0 Å². The first-order chi connectivity index (χ1) is 9.18. The first-order valence-electron chi connectivity index (χ1n) is 6.80. The van der Waals surface area contributed by atoms with E-state index in [9.17, 15) is 4.79 Å². The van der Waals surface area contributed by atoms with Crippen LogP contribution in [0.2, 0.25) is 0 Å². The highest BCUT2D eigenvalue weighted by molar-refractivity contribution is 7.99. The predicted octanol–water partition coefficient (Wildman–Crippen LogP) is 3.17. The third kappa shape index (κ3) is 3.90. The highest BCUT2D eigenvalue weighted by Gasteiger charge is 2.23. The fraction of sp³-hybridized carbons (Fsp3) is 0.533. The van der Waals surface area contributed by atoms with E-state index in [4.69, 9.17) is 5.11 Å². The van der Waals surface area contributed by atoms with Crippen molar-refractivity contribution in [2.24, 2.45) is 0 Å². The van der Waals surface area contributed by atoms with Crippen molar-refractivity contribution in [3.8, 4) is 0 Å². The van der Waals surface area contributed by atoms with E-state index in [1.54, 1.807) is 0 Å². The largest absolute Gasteiger partial charge is 0.481 e. The Bertz CT molecular complexity index is 430. The minimum Gasteiger partial charge on any atom is -0.481 e. The summed E-state index contributed by atoms with van der Waals surface area (Å²) < 4.78 is 0. The van der Waals surface area contributed by atoms with Crippen molar-refractivity contribution in [1.82, 2.24) is 0 Å². The molecule has 1 saturated heterocycles. The molecule has 1 aromatic rings. The summed E-state index contributed by atoms with van der Waals surface area (Å²) in [6.07, 6.45) is 2.51. The number of carboxylic acids is 1. The van der Waals surface area contributed by atoms with Gasteiger partial charge in [-0.3, -0.25) is 4.79 Å². The number of nitrogens with zero attached hydrogens (tertiary/aromatic N) is 1. The third-order valence-corrected chi connectivity index (χ3v) is 4.67. The zero-order valence-electron chi connectivity index (χ0n) is 11.3. The van der Waals surface area contributed by atoms with Gasteiger partial charge in [0.25, 0.3) is 0 Å². The zero-order valence-corrected chi connectivity index (χ0v) is 12.2. The molecular formula is C15H21NO2S. The van der Waals surface area contributed by atoms with Crippen LogP contribution in [-0.4, -0.2) is 35.2 Å². The molecule has 19 heavy (non-hydrogen) atoms. The highest BCUT2D eigenvalue weighted by atomic mass is 32.2. The van der Waals surface area contributed by atoms with Gasteiger partial charge in [0.05, 0.1) is 6.42 Å². The van der Waals surface area contributed by atoms with E-state index in [0.29, 0.717) is 12.6 Å². The molecule has 3 nitrogen and oxygen atoms in total. The molecular weight excluding hydrogens is 258 g/mol. The second-order valence-corrected chi connectivity index (χ2v) is 6.19. The smallest absolute Gasteiger partial charge is 0.305 e. The van der Waals surface area contributed by atoms with Crippen LogP contribution in [0.5, 0.6) is 0 Å². The van der Waals surface area contributed by atoms with Crippen molar-refractivity contribution in [1.29, 1.82) is 0 Å². The molecule has 1 aliphatic rings. The number of aryl methyl sites for hydroxylation is 1. The SMILES string of the molecule is Cc1ccccc1N(CCC(=O)O)C1CCSCC1. The summed E-state index contributed by atoms with van der Waals surface area (Å²) in [5, 5.41) is 8.95. The van der Waals surface area contributed by atoms with Crippen LogP contribution in [0.1, 0.15) is 24.8 Å². The molecule has 1 fully saturated rings. The summed E-state index contributed by atoms with van der Waals surface area (Å²) in [5.41, 5.74) is 2.42.